The Labute approximate surface area is 232 Å². The zero-order chi connectivity index (χ0) is 25.3. The Balaban J connectivity index is 1.37. The van der Waals surface area contributed by atoms with Crippen molar-refractivity contribution in [3.8, 4) is 11.5 Å². The minimum atomic E-state index is -0.242. The molecule has 2 N–H and O–H groups in total. The number of anilines is 1. The zero-order valence-electron chi connectivity index (χ0n) is 19.6. The van der Waals surface area contributed by atoms with E-state index in [-0.39, 0.29) is 12.5 Å². The van der Waals surface area contributed by atoms with E-state index in [0.29, 0.717) is 24.7 Å². The molecule has 4 aromatic carbocycles. The summed E-state index contributed by atoms with van der Waals surface area (Å²) in [5, 5.41) is 9.49. The van der Waals surface area contributed by atoms with Crippen molar-refractivity contribution in [3.63, 3.8) is 0 Å². The molecule has 0 bridgehead atoms. The first-order valence-electron chi connectivity index (χ1n) is 11.4. The summed E-state index contributed by atoms with van der Waals surface area (Å²) in [5.41, 5.74) is 5.33. The summed E-state index contributed by atoms with van der Waals surface area (Å²) in [5.74, 6) is 1.07. The van der Waals surface area contributed by atoms with Crippen LogP contribution in [-0.2, 0) is 11.4 Å². The lowest BCUT2D eigenvalue weighted by molar-refractivity contribution is -0.119. The van der Waals surface area contributed by atoms with E-state index in [1.165, 1.54) is 0 Å². The molecular formula is C28H25BrIN3O3. The number of hydrogen-bond donors (Lipinski definition) is 2. The van der Waals surface area contributed by atoms with Crippen LogP contribution >= 0.6 is 38.5 Å². The van der Waals surface area contributed by atoms with Gasteiger partial charge in [-0.15, -0.1) is 0 Å². The minimum absolute atomic E-state index is 0.107. The van der Waals surface area contributed by atoms with Gasteiger partial charge in [-0.1, -0.05) is 64.5 Å². The molecule has 0 heterocycles. The van der Waals surface area contributed by atoms with Crippen molar-refractivity contribution in [1.82, 2.24) is 5.43 Å². The van der Waals surface area contributed by atoms with Crippen LogP contribution < -0.4 is 20.2 Å². The fourth-order valence-corrected chi connectivity index (χ4v) is 4.62. The number of nitrogens with one attached hydrogen (secondary N) is 2. The van der Waals surface area contributed by atoms with Gasteiger partial charge in [0.1, 0.15) is 6.61 Å². The summed E-state index contributed by atoms with van der Waals surface area (Å²) in [6, 6.07) is 25.8. The number of hydrazone groups is 1. The number of carbonyl (C=O) groups is 1. The molecule has 0 spiro atoms. The second-order valence-electron chi connectivity index (χ2n) is 7.85. The van der Waals surface area contributed by atoms with Gasteiger partial charge in [-0.25, -0.2) is 5.43 Å². The molecule has 0 aliphatic carbocycles. The van der Waals surface area contributed by atoms with Gasteiger partial charge >= 0.3 is 0 Å². The van der Waals surface area contributed by atoms with Gasteiger partial charge in [-0.2, -0.15) is 5.10 Å². The number of amides is 1. The number of fused-ring (bicyclic) bond motifs is 1. The summed E-state index contributed by atoms with van der Waals surface area (Å²) in [6.07, 6.45) is 1.60. The number of benzene rings is 4. The van der Waals surface area contributed by atoms with Crippen LogP contribution in [0.2, 0.25) is 0 Å². The molecule has 6 nitrogen and oxygen atoms in total. The van der Waals surface area contributed by atoms with Crippen LogP contribution in [0.25, 0.3) is 10.8 Å². The Morgan fingerprint density at radius 2 is 1.81 bits per heavy atom. The second kappa shape index (κ2) is 12.7. The van der Waals surface area contributed by atoms with Crippen LogP contribution in [-0.4, -0.2) is 25.3 Å². The lowest BCUT2D eigenvalue weighted by Gasteiger charge is -2.15. The molecule has 36 heavy (non-hydrogen) atoms. The molecule has 4 rings (SSSR count). The third-order valence-electron chi connectivity index (χ3n) is 5.26. The molecular weight excluding hydrogens is 633 g/mol. The average molecular weight is 658 g/mol. The number of rotatable bonds is 10. The Hall–Kier alpha value is -3.11. The lowest BCUT2D eigenvalue weighted by Crippen LogP contribution is -2.25. The summed E-state index contributed by atoms with van der Waals surface area (Å²) < 4.78 is 13.8. The quantitative estimate of drug-likeness (QED) is 0.113. The summed E-state index contributed by atoms with van der Waals surface area (Å²) in [7, 11) is 0. The smallest absolute Gasteiger partial charge is 0.259 e. The summed E-state index contributed by atoms with van der Waals surface area (Å²) >= 11 is 5.67. The highest BCUT2D eigenvalue weighted by molar-refractivity contribution is 14.1. The first-order chi connectivity index (χ1) is 17.5. The van der Waals surface area contributed by atoms with Gasteiger partial charge in [0.15, 0.2) is 11.5 Å². The minimum Gasteiger partial charge on any atom is -0.490 e. The fraction of sp³-hybridized carbons (Fsp3) is 0.143. The maximum absolute atomic E-state index is 12.3. The molecule has 0 saturated carbocycles. The maximum Gasteiger partial charge on any atom is 0.259 e. The van der Waals surface area contributed by atoms with Crippen LogP contribution in [0.1, 0.15) is 18.1 Å². The molecule has 0 atom stereocenters. The molecule has 8 heteroatoms. The number of carbonyl (C=O) groups excluding carboxylic acids is 1. The highest BCUT2D eigenvalue weighted by atomic mass is 127. The summed E-state index contributed by atoms with van der Waals surface area (Å²) in [6.45, 7) is 2.96. The third kappa shape index (κ3) is 6.98. The standard InChI is InChI=1S/C28H25BrIN3O3/c1-2-35-26-15-20(14-24(30)28(26)36-18-19-10-12-22(29)13-11-19)16-32-33-27(34)17-31-25-9-5-7-21-6-3-4-8-23(21)25/h3-16,31H,2,17-18H2,1H3,(H,33,34)/b32-16-. The highest BCUT2D eigenvalue weighted by Gasteiger charge is 2.12. The van der Waals surface area contributed by atoms with E-state index in [2.05, 4.69) is 54.4 Å². The van der Waals surface area contributed by atoms with Crippen molar-refractivity contribution in [2.45, 2.75) is 13.5 Å². The highest BCUT2D eigenvalue weighted by Crippen LogP contribution is 2.34. The predicted octanol–water partition coefficient (Wildman–Crippen LogP) is 6.75. The van der Waals surface area contributed by atoms with Gasteiger partial charge < -0.3 is 14.8 Å². The molecule has 0 unspecified atom stereocenters. The normalized spacial score (nSPS) is 11.0. The predicted molar refractivity (Wildman–Crippen MR) is 157 cm³/mol. The van der Waals surface area contributed by atoms with Crippen molar-refractivity contribution < 1.29 is 14.3 Å². The van der Waals surface area contributed by atoms with Crippen molar-refractivity contribution in [1.29, 1.82) is 0 Å². The van der Waals surface area contributed by atoms with Crippen molar-refractivity contribution in [3.05, 3.63) is 98.0 Å². The number of hydrogen-bond acceptors (Lipinski definition) is 5. The zero-order valence-corrected chi connectivity index (χ0v) is 23.4. The molecule has 0 radical (unpaired) electrons. The monoisotopic (exact) mass is 657 g/mol. The fourth-order valence-electron chi connectivity index (χ4n) is 3.58. The molecule has 0 aromatic heterocycles. The molecule has 0 saturated heterocycles. The van der Waals surface area contributed by atoms with Crippen LogP contribution in [0.3, 0.4) is 0 Å². The Kier molecular flexibility index (Phi) is 9.18. The van der Waals surface area contributed by atoms with E-state index >= 15 is 0 Å². The third-order valence-corrected chi connectivity index (χ3v) is 6.59. The van der Waals surface area contributed by atoms with Gasteiger partial charge in [-0.05, 0) is 76.4 Å². The number of halogens is 2. The topological polar surface area (TPSA) is 72.0 Å². The van der Waals surface area contributed by atoms with Crippen LogP contribution in [0, 0.1) is 3.57 Å². The molecule has 0 aliphatic rings. The second-order valence-corrected chi connectivity index (χ2v) is 9.93. The van der Waals surface area contributed by atoms with Gasteiger partial charge in [-0.3, -0.25) is 4.79 Å². The van der Waals surface area contributed by atoms with E-state index in [1.54, 1.807) is 6.21 Å². The number of ether oxygens (including phenoxy) is 2. The van der Waals surface area contributed by atoms with Gasteiger partial charge in [0.2, 0.25) is 0 Å². The van der Waals surface area contributed by atoms with Crippen LogP contribution in [0.5, 0.6) is 11.5 Å². The van der Waals surface area contributed by atoms with E-state index in [9.17, 15) is 4.79 Å². The van der Waals surface area contributed by atoms with Gasteiger partial charge in [0.25, 0.3) is 5.91 Å². The Morgan fingerprint density at radius 1 is 1.03 bits per heavy atom. The number of nitrogens with zero attached hydrogens (tertiary/aromatic N) is 1. The van der Waals surface area contributed by atoms with E-state index < -0.39 is 0 Å². The van der Waals surface area contributed by atoms with Crippen LogP contribution in [0.15, 0.2) is 88.4 Å². The molecule has 0 fully saturated rings. The first-order valence-corrected chi connectivity index (χ1v) is 13.3. The lowest BCUT2D eigenvalue weighted by atomic mass is 10.1. The molecule has 1 amide bonds. The van der Waals surface area contributed by atoms with Gasteiger partial charge in [0, 0.05) is 15.5 Å². The van der Waals surface area contributed by atoms with Crippen molar-refractivity contribution >= 4 is 67.1 Å². The average Bonchev–Trinajstić information content (AvgIpc) is 2.88. The molecule has 4 aromatic rings. The van der Waals surface area contributed by atoms with Gasteiger partial charge in [0.05, 0.1) is 22.9 Å². The van der Waals surface area contributed by atoms with Crippen LogP contribution in [0.4, 0.5) is 5.69 Å². The molecule has 0 aliphatic heterocycles. The Bertz CT molecular complexity index is 1370. The van der Waals surface area contributed by atoms with E-state index in [4.69, 9.17) is 9.47 Å². The summed E-state index contributed by atoms with van der Waals surface area (Å²) in [4.78, 5) is 12.3. The van der Waals surface area contributed by atoms with E-state index in [1.807, 2.05) is 85.8 Å². The van der Waals surface area contributed by atoms with E-state index in [0.717, 1.165) is 35.6 Å². The van der Waals surface area contributed by atoms with Crippen molar-refractivity contribution in [2.24, 2.45) is 5.10 Å². The van der Waals surface area contributed by atoms with Crippen molar-refractivity contribution in [2.75, 3.05) is 18.5 Å². The largest absolute Gasteiger partial charge is 0.490 e. The molecule has 184 valence electrons. The SMILES string of the molecule is CCOc1cc(/C=N\NC(=O)CNc2cccc3ccccc23)cc(I)c1OCc1ccc(Br)cc1. The Morgan fingerprint density at radius 3 is 2.61 bits per heavy atom. The maximum atomic E-state index is 12.3. The first kappa shape index (κ1) is 26.0.